The van der Waals surface area contributed by atoms with Crippen LogP contribution >= 0.6 is 15.9 Å². The van der Waals surface area contributed by atoms with Gasteiger partial charge in [0.15, 0.2) is 0 Å². The summed E-state index contributed by atoms with van der Waals surface area (Å²) in [4.78, 5) is 8.48. The van der Waals surface area contributed by atoms with Gasteiger partial charge in [-0.2, -0.15) is 5.10 Å². The molecule has 0 aliphatic carbocycles. The van der Waals surface area contributed by atoms with Crippen molar-refractivity contribution in [2.75, 3.05) is 0 Å². The third-order valence-electron chi connectivity index (χ3n) is 3.13. The zero-order valence-electron chi connectivity index (χ0n) is 12.1. The lowest BCUT2D eigenvalue weighted by molar-refractivity contribution is 0.573. The molecule has 0 aliphatic heterocycles. The van der Waals surface area contributed by atoms with E-state index in [9.17, 15) is 0 Å². The number of aryl methyl sites for hydroxylation is 3. The van der Waals surface area contributed by atoms with Gasteiger partial charge in [-0.3, -0.25) is 4.68 Å². The van der Waals surface area contributed by atoms with Crippen LogP contribution in [0.2, 0.25) is 0 Å². The minimum Gasteiger partial charge on any atom is -0.305 e. The Labute approximate surface area is 128 Å². The number of nitrogens with zero attached hydrogens (tertiary/aromatic N) is 4. The zero-order valence-corrected chi connectivity index (χ0v) is 13.7. The van der Waals surface area contributed by atoms with E-state index in [1.807, 2.05) is 17.7 Å². The number of halogens is 1. The number of hydrogen-bond acceptors (Lipinski definition) is 4. The topological polar surface area (TPSA) is 55.6 Å². The van der Waals surface area contributed by atoms with E-state index in [-0.39, 0.29) is 0 Å². The van der Waals surface area contributed by atoms with Gasteiger partial charge < -0.3 is 5.32 Å². The van der Waals surface area contributed by atoms with E-state index in [0.29, 0.717) is 0 Å². The van der Waals surface area contributed by atoms with Gasteiger partial charge >= 0.3 is 0 Å². The molecule has 20 heavy (non-hydrogen) atoms. The van der Waals surface area contributed by atoms with Crippen molar-refractivity contribution in [3.63, 3.8) is 0 Å². The van der Waals surface area contributed by atoms with Crippen LogP contribution in [0.1, 0.15) is 36.8 Å². The molecule has 0 bridgehead atoms. The van der Waals surface area contributed by atoms with Crippen molar-refractivity contribution in [2.45, 2.75) is 46.8 Å². The van der Waals surface area contributed by atoms with Gasteiger partial charge in [-0.1, -0.05) is 6.92 Å². The predicted molar refractivity (Wildman–Crippen MR) is 82.3 cm³/mol. The summed E-state index contributed by atoms with van der Waals surface area (Å²) in [6.45, 7) is 8.50. The van der Waals surface area contributed by atoms with Crippen molar-refractivity contribution in [3.8, 4) is 0 Å². The van der Waals surface area contributed by atoms with Crippen LogP contribution in [-0.2, 0) is 26.1 Å². The normalized spacial score (nSPS) is 11.0. The molecular weight excluding hydrogens is 318 g/mol. The molecule has 0 atom stereocenters. The van der Waals surface area contributed by atoms with E-state index in [2.05, 4.69) is 50.2 Å². The van der Waals surface area contributed by atoms with Crippen LogP contribution in [0.5, 0.6) is 0 Å². The zero-order chi connectivity index (χ0) is 14.5. The van der Waals surface area contributed by atoms with Crippen molar-refractivity contribution >= 4 is 15.9 Å². The summed E-state index contributed by atoms with van der Waals surface area (Å²) in [5, 5.41) is 8.01. The van der Waals surface area contributed by atoms with Crippen molar-refractivity contribution in [3.05, 3.63) is 39.6 Å². The number of rotatable bonds is 6. The molecule has 0 aliphatic rings. The second-order valence-corrected chi connectivity index (χ2v) is 5.37. The van der Waals surface area contributed by atoms with Crippen LogP contribution in [0.4, 0.5) is 0 Å². The molecule has 2 heterocycles. The molecule has 0 saturated heterocycles. The highest BCUT2D eigenvalue weighted by atomic mass is 79.9. The van der Waals surface area contributed by atoms with Crippen LogP contribution < -0.4 is 5.32 Å². The van der Waals surface area contributed by atoms with Crippen molar-refractivity contribution in [2.24, 2.45) is 0 Å². The molecule has 0 saturated carbocycles. The molecule has 108 valence electrons. The SMILES string of the molecule is CCc1nn(CC)c(CNCc2ccnc(C)n2)c1Br. The molecule has 6 heteroatoms. The Morgan fingerprint density at radius 1 is 1.30 bits per heavy atom. The number of aromatic nitrogens is 4. The summed E-state index contributed by atoms with van der Waals surface area (Å²) in [6.07, 6.45) is 2.73. The van der Waals surface area contributed by atoms with Crippen LogP contribution in [0.25, 0.3) is 0 Å². The highest BCUT2D eigenvalue weighted by molar-refractivity contribution is 9.10. The van der Waals surface area contributed by atoms with Crippen molar-refractivity contribution < 1.29 is 0 Å². The molecule has 0 aromatic carbocycles. The Balaban J connectivity index is 2.02. The fourth-order valence-electron chi connectivity index (χ4n) is 2.10. The van der Waals surface area contributed by atoms with Crippen molar-refractivity contribution in [1.82, 2.24) is 25.1 Å². The van der Waals surface area contributed by atoms with Gasteiger partial charge in [0.1, 0.15) is 5.82 Å². The fraction of sp³-hybridized carbons (Fsp3) is 0.500. The van der Waals surface area contributed by atoms with Crippen LogP contribution in [0.3, 0.4) is 0 Å². The van der Waals surface area contributed by atoms with E-state index >= 15 is 0 Å². The molecular formula is C14H20BrN5. The van der Waals surface area contributed by atoms with Crippen LogP contribution in [0.15, 0.2) is 16.7 Å². The van der Waals surface area contributed by atoms with E-state index < -0.39 is 0 Å². The molecule has 0 unspecified atom stereocenters. The second-order valence-electron chi connectivity index (χ2n) is 4.58. The van der Waals surface area contributed by atoms with Crippen molar-refractivity contribution in [1.29, 1.82) is 0 Å². The van der Waals surface area contributed by atoms with Gasteiger partial charge in [0.25, 0.3) is 0 Å². The molecule has 0 radical (unpaired) electrons. The lowest BCUT2D eigenvalue weighted by Gasteiger charge is -2.07. The maximum Gasteiger partial charge on any atom is 0.125 e. The molecule has 0 amide bonds. The highest BCUT2D eigenvalue weighted by Crippen LogP contribution is 2.22. The average Bonchev–Trinajstić information content (AvgIpc) is 2.75. The average molecular weight is 338 g/mol. The van der Waals surface area contributed by atoms with Gasteiger partial charge in [0.2, 0.25) is 0 Å². The van der Waals surface area contributed by atoms with Gasteiger partial charge in [-0.15, -0.1) is 0 Å². The molecule has 0 spiro atoms. The third-order valence-corrected chi connectivity index (χ3v) is 4.04. The van der Waals surface area contributed by atoms with E-state index in [0.717, 1.165) is 47.7 Å². The van der Waals surface area contributed by atoms with Gasteiger partial charge in [-0.05, 0) is 42.3 Å². The van der Waals surface area contributed by atoms with Gasteiger partial charge in [0.05, 0.1) is 21.6 Å². The lowest BCUT2D eigenvalue weighted by atomic mass is 10.3. The third kappa shape index (κ3) is 3.43. The first-order valence-electron chi connectivity index (χ1n) is 6.89. The minimum absolute atomic E-state index is 0.728. The van der Waals surface area contributed by atoms with E-state index in [4.69, 9.17) is 0 Å². The maximum absolute atomic E-state index is 4.59. The largest absolute Gasteiger partial charge is 0.305 e. The summed E-state index contributed by atoms with van der Waals surface area (Å²) >= 11 is 3.65. The summed E-state index contributed by atoms with van der Waals surface area (Å²) in [5.74, 6) is 0.803. The smallest absolute Gasteiger partial charge is 0.125 e. The number of hydrogen-bond donors (Lipinski definition) is 1. The predicted octanol–water partition coefficient (Wildman–Crippen LogP) is 2.62. The molecule has 2 aromatic rings. The monoisotopic (exact) mass is 337 g/mol. The Kier molecular flexibility index (Phi) is 5.25. The van der Waals surface area contributed by atoms with Gasteiger partial charge in [-0.25, -0.2) is 9.97 Å². The first-order chi connectivity index (χ1) is 9.65. The Bertz CT molecular complexity index is 579. The first kappa shape index (κ1) is 15.1. The lowest BCUT2D eigenvalue weighted by Crippen LogP contribution is -2.17. The number of nitrogens with one attached hydrogen (secondary N) is 1. The summed E-state index contributed by atoms with van der Waals surface area (Å²) in [6, 6.07) is 1.93. The summed E-state index contributed by atoms with van der Waals surface area (Å²) < 4.78 is 3.16. The maximum atomic E-state index is 4.59. The summed E-state index contributed by atoms with van der Waals surface area (Å²) in [7, 11) is 0. The Morgan fingerprint density at radius 2 is 2.10 bits per heavy atom. The minimum atomic E-state index is 0.728. The van der Waals surface area contributed by atoms with Crippen LogP contribution in [-0.4, -0.2) is 19.7 Å². The van der Waals surface area contributed by atoms with E-state index in [1.54, 1.807) is 6.20 Å². The Morgan fingerprint density at radius 3 is 2.75 bits per heavy atom. The molecule has 2 aromatic heterocycles. The molecule has 2 rings (SSSR count). The molecule has 0 fully saturated rings. The highest BCUT2D eigenvalue weighted by Gasteiger charge is 2.13. The molecule has 1 N–H and O–H groups in total. The standard InChI is InChI=1S/C14H20BrN5/c1-4-12-14(15)13(20(5-2)19-12)9-16-8-11-6-7-17-10(3)18-11/h6-7,16H,4-5,8-9H2,1-3H3. The summed E-state index contributed by atoms with van der Waals surface area (Å²) in [5.41, 5.74) is 3.31. The van der Waals surface area contributed by atoms with Gasteiger partial charge in [0, 0.05) is 25.8 Å². The van der Waals surface area contributed by atoms with Crippen LogP contribution in [0, 0.1) is 6.92 Å². The quantitative estimate of drug-likeness (QED) is 0.880. The Hall–Kier alpha value is -1.27. The van der Waals surface area contributed by atoms with E-state index in [1.165, 1.54) is 5.69 Å². The first-order valence-corrected chi connectivity index (χ1v) is 7.68. The second kappa shape index (κ2) is 6.95. The fourth-order valence-corrected chi connectivity index (χ4v) is 2.80. The molecule has 5 nitrogen and oxygen atoms in total.